The van der Waals surface area contributed by atoms with Crippen molar-refractivity contribution in [2.24, 2.45) is 5.73 Å². The molecule has 0 fully saturated rings. The van der Waals surface area contributed by atoms with Gasteiger partial charge in [0.2, 0.25) is 5.78 Å². The number of ketones is 1. The van der Waals surface area contributed by atoms with Crippen molar-refractivity contribution in [1.29, 1.82) is 0 Å². The molecule has 0 aliphatic carbocycles. The smallest absolute Gasteiger partial charge is 0.406 e. The molecule has 2 amide bonds. The van der Waals surface area contributed by atoms with Gasteiger partial charge in [-0.3, -0.25) is 14.4 Å². The Bertz CT molecular complexity index is 1160. The predicted octanol–water partition coefficient (Wildman–Crippen LogP) is 2.47. The Morgan fingerprint density at radius 1 is 1.09 bits per heavy atom. The summed E-state index contributed by atoms with van der Waals surface area (Å²) < 4.78 is 42.2. The van der Waals surface area contributed by atoms with Crippen LogP contribution in [0.4, 0.5) is 13.2 Å². The highest BCUT2D eigenvalue weighted by atomic mass is 19.4. The number of nitrogens with zero attached hydrogens (tertiary/aromatic N) is 2. The van der Waals surface area contributed by atoms with Crippen molar-refractivity contribution in [3.05, 3.63) is 77.6 Å². The van der Waals surface area contributed by atoms with Gasteiger partial charge in [0, 0.05) is 6.42 Å². The third-order valence-electron chi connectivity index (χ3n) is 4.53. The number of aryl methyl sites for hydroxylation is 1. The molecule has 33 heavy (non-hydrogen) atoms. The first kappa shape index (κ1) is 23.5. The molecule has 0 radical (unpaired) electrons. The zero-order valence-electron chi connectivity index (χ0n) is 17.3. The average molecular weight is 460 g/mol. The molecule has 3 aromatic rings. The van der Waals surface area contributed by atoms with Gasteiger partial charge in [-0.2, -0.15) is 5.10 Å². The summed E-state index contributed by atoms with van der Waals surface area (Å²) in [5.41, 5.74) is 6.56. The fourth-order valence-electron chi connectivity index (χ4n) is 3.11. The van der Waals surface area contributed by atoms with Crippen LogP contribution >= 0.6 is 0 Å². The maximum Gasteiger partial charge on any atom is 0.573 e. The number of hydrogen-bond donors (Lipinski definition) is 2. The third kappa shape index (κ3) is 6.19. The van der Waals surface area contributed by atoms with Gasteiger partial charge in [0.1, 0.15) is 17.5 Å². The monoisotopic (exact) mass is 460 g/mol. The van der Waals surface area contributed by atoms with Crippen LogP contribution in [0.25, 0.3) is 5.69 Å². The van der Waals surface area contributed by atoms with Crippen LogP contribution in [0, 0.1) is 6.92 Å². The molecule has 8 nitrogen and oxygen atoms in total. The number of hydrogen-bond acceptors (Lipinski definition) is 5. The highest BCUT2D eigenvalue weighted by Gasteiger charge is 2.31. The Morgan fingerprint density at radius 3 is 2.30 bits per heavy atom. The van der Waals surface area contributed by atoms with Crippen LogP contribution in [0.5, 0.6) is 5.75 Å². The van der Waals surface area contributed by atoms with E-state index in [1.165, 1.54) is 22.9 Å². The number of benzene rings is 2. The maximum absolute atomic E-state index is 13.0. The van der Waals surface area contributed by atoms with Gasteiger partial charge in [0.25, 0.3) is 11.8 Å². The number of nitrogens with two attached hydrogens (primary N) is 1. The Labute approximate surface area is 186 Å². The Morgan fingerprint density at radius 2 is 1.73 bits per heavy atom. The number of nitrogens with one attached hydrogen (secondary N) is 1. The highest BCUT2D eigenvalue weighted by molar-refractivity contribution is 6.38. The molecule has 0 saturated carbocycles. The van der Waals surface area contributed by atoms with E-state index in [-0.39, 0.29) is 17.8 Å². The number of carbonyl (C=O) groups excluding carboxylic acids is 3. The lowest BCUT2D eigenvalue weighted by Gasteiger charge is -2.17. The van der Waals surface area contributed by atoms with Gasteiger partial charge in [-0.15, -0.1) is 13.2 Å². The van der Waals surface area contributed by atoms with Crippen LogP contribution < -0.4 is 15.8 Å². The molecule has 0 aliphatic heterocycles. The summed E-state index contributed by atoms with van der Waals surface area (Å²) in [6.45, 7) is 1.62. The van der Waals surface area contributed by atoms with Gasteiger partial charge in [-0.05, 0) is 42.8 Å². The summed E-state index contributed by atoms with van der Waals surface area (Å²) in [5, 5.41) is 6.70. The average Bonchev–Trinajstić information content (AvgIpc) is 3.14. The minimum absolute atomic E-state index is 0.00678. The zero-order chi connectivity index (χ0) is 24.2. The number of rotatable bonds is 8. The Hall–Kier alpha value is -4.15. The maximum atomic E-state index is 13.0. The van der Waals surface area contributed by atoms with Gasteiger partial charge in [-0.25, -0.2) is 4.68 Å². The molecule has 3 N–H and O–H groups in total. The largest absolute Gasteiger partial charge is 0.573 e. The number of carbonyl (C=O) groups is 3. The lowest BCUT2D eigenvalue weighted by atomic mass is 10.0. The highest BCUT2D eigenvalue weighted by Crippen LogP contribution is 2.24. The number of Topliss-reactive ketones (excluding diaryl/α,β-unsaturated/α-hetero) is 1. The van der Waals surface area contributed by atoms with E-state index in [9.17, 15) is 27.6 Å². The quantitative estimate of drug-likeness (QED) is 0.501. The molecule has 172 valence electrons. The van der Waals surface area contributed by atoms with E-state index in [0.29, 0.717) is 11.3 Å². The molecule has 1 aromatic heterocycles. The molecule has 0 aliphatic rings. The number of primary amides is 1. The van der Waals surface area contributed by atoms with Gasteiger partial charge in [0.15, 0.2) is 0 Å². The number of ether oxygens (including phenoxy) is 1. The molecule has 1 heterocycles. The molecule has 11 heteroatoms. The molecule has 0 saturated heterocycles. The van der Waals surface area contributed by atoms with E-state index < -0.39 is 35.8 Å². The standard InChI is InChI=1S/C22H19F3N4O4/c1-13-11-18(29(28-13)15-7-9-16(10-8-15)33-22(23,24)25)21(32)27-17(19(30)20(26)31)12-14-5-3-2-4-6-14/h2-11,17H,12H2,1H3,(H2,26,31)(H,27,32)/t17-/m0/s1. The first-order valence-electron chi connectivity index (χ1n) is 9.65. The van der Waals surface area contributed by atoms with Gasteiger partial charge in [0.05, 0.1) is 11.4 Å². The zero-order valence-corrected chi connectivity index (χ0v) is 17.3. The van der Waals surface area contributed by atoms with Crippen LogP contribution in [0.1, 0.15) is 21.7 Å². The topological polar surface area (TPSA) is 116 Å². The van der Waals surface area contributed by atoms with Crippen molar-refractivity contribution in [2.45, 2.75) is 25.7 Å². The van der Waals surface area contributed by atoms with Crippen molar-refractivity contribution in [1.82, 2.24) is 15.1 Å². The minimum atomic E-state index is -4.84. The van der Waals surface area contributed by atoms with Crippen LogP contribution in [0.15, 0.2) is 60.7 Å². The normalized spacial score (nSPS) is 12.1. The summed E-state index contributed by atoms with van der Waals surface area (Å²) >= 11 is 0. The first-order valence-corrected chi connectivity index (χ1v) is 9.65. The van der Waals surface area contributed by atoms with Crippen molar-refractivity contribution in [3.8, 4) is 11.4 Å². The van der Waals surface area contributed by atoms with Gasteiger partial charge >= 0.3 is 6.36 Å². The van der Waals surface area contributed by atoms with Crippen molar-refractivity contribution >= 4 is 17.6 Å². The summed E-state index contributed by atoms with van der Waals surface area (Å²) in [5.74, 6) is -3.32. The van der Waals surface area contributed by atoms with E-state index in [2.05, 4.69) is 15.2 Å². The molecule has 1 atom stereocenters. The Kier molecular flexibility index (Phi) is 6.80. The molecular weight excluding hydrogens is 441 g/mol. The summed E-state index contributed by atoms with van der Waals surface area (Å²) in [6, 6.07) is 13.7. The predicted molar refractivity (Wildman–Crippen MR) is 111 cm³/mol. The third-order valence-corrected chi connectivity index (χ3v) is 4.53. The van der Waals surface area contributed by atoms with Crippen molar-refractivity contribution < 1.29 is 32.3 Å². The van der Waals surface area contributed by atoms with E-state index in [4.69, 9.17) is 5.73 Å². The fourth-order valence-corrected chi connectivity index (χ4v) is 3.11. The van der Waals surface area contributed by atoms with E-state index in [0.717, 1.165) is 12.1 Å². The number of aromatic nitrogens is 2. The van der Waals surface area contributed by atoms with Crippen LogP contribution in [0.3, 0.4) is 0 Å². The van der Waals surface area contributed by atoms with Gasteiger partial charge < -0.3 is 15.8 Å². The molecular formula is C22H19F3N4O4. The number of alkyl halides is 3. The van der Waals surface area contributed by atoms with E-state index in [1.54, 1.807) is 37.3 Å². The fraction of sp³-hybridized carbons (Fsp3) is 0.182. The summed E-state index contributed by atoms with van der Waals surface area (Å²) in [7, 11) is 0. The number of amides is 2. The molecule has 2 aromatic carbocycles. The van der Waals surface area contributed by atoms with Crippen LogP contribution in [-0.4, -0.2) is 39.8 Å². The second kappa shape index (κ2) is 9.55. The first-order chi connectivity index (χ1) is 15.5. The number of halogens is 3. The van der Waals surface area contributed by atoms with E-state index >= 15 is 0 Å². The van der Waals surface area contributed by atoms with E-state index in [1.807, 2.05) is 0 Å². The lowest BCUT2D eigenvalue weighted by Crippen LogP contribution is -2.47. The SMILES string of the molecule is Cc1cc(C(=O)N[C@@H](Cc2ccccc2)C(=O)C(N)=O)n(-c2ccc(OC(F)(F)F)cc2)n1. The van der Waals surface area contributed by atoms with Crippen molar-refractivity contribution in [2.75, 3.05) is 0 Å². The summed E-state index contributed by atoms with van der Waals surface area (Å²) in [6.07, 6.45) is -4.81. The van der Waals surface area contributed by atoms with Crippen LogP contribution in [0.2, 0.25) is 0 Å². The second-order valence-corrected chi connectivity index (χ2v) is 7.07. The van der Waals surface area contributed by atoms with Crippen molar-refractivity contribution in [3.63, 3.8) is 0 Å². The second-order valence-electron chi connectivity index (χ2n) is 7.07. The van der Waals surface area contributed by atoms with Gasteiger partial charge in [-0.1, -0.05) is 30.3 Å². The van der Waals surface area contributed by atoms with Crippen LogP contribution in [-0.2, 0) is 16.0 Å². The minimum Gasteiger partial charge on any atom is -0.406 e. The molecule has 0 unspecified atom stereocenters. The lowest BCUT2D eigenvalue weighted by molar-refractivity contribution is -0.274. The molecule has 0 spiro atoms. The Balaban J connectivity index is 1.86. The molecule has 3 rings (SSSR count). The molecule has 0 bridgehead atoms. The summed E-state index contributed by atoms with van der Waals surface area (Å²) in [4.78, 5) is 36.8.